The number of rotatable bonds is 7. The lowest BCUT2D eigenvalue weighted by Crippen LogP contribution is -2.27. The predicted molar refractivity (Wildman–Crippen MR) is 127 cm³/mol. The van der Waals surface area contributed by atoms with Crippen LogP contribution in [0.5, 0.6) is 11.5 Å². The van der Waals surface area contributed by atoms with Gasteiger partial charge < -0.3 is 9.47 Å². The lowest BCUT2D eigenvalue weighted by Gasteiger charge is -2.13. The quantitative estimate of drug-likeness (QED) is 0.349. The average molecular weight is 502 g/mol. The molecule has 3 aromatic carbocycles. The fourth-order valence-corrected chi connectivity index (χ4v) is 4.33. The number of carbonyl (C=O) groups is 2. The Balaban J connectivity index is 1.53. The van der Waals surface area contributed by atoms with E-state index in [2.05, 4.69) is 0 Å². The highest BCUT2D eigenvalue weighted by Crippen LogP contribution is 2.36. The molecular weight excluding hydrogens is 484 g/mol. The lowest BCUT2D eigenvalue weighted by atomic mass is 10.1. The Morgan fingerprint density at radius 2 is 1.79 bits per heavy atom. The summed E-state index contributed by atoms with van der Waals surface area (Å²) in [5, 5.41) is -0.176. The molecule has 3 aromatic rings. The molecule has 5 nitrogen and oxygen atoms in total. The molecule has 0 unspecified atom stereocenters. The Morgan fingerprint density at radius 3 is 2.50 bits per heavy atom. The molecule has 2 amide bonds. The van der Waals surface area contributed by atoms with Crippen molar-refractivity contribution in [2.24, 2.45) is 0 Å². The van der Waals surface area contributed by atoms with Crippen LogP contribution in [-0.4, -0.2) is 23.2 Å². The molecule has 34 heavy (non-hydrogen) atoms. The van der Waals surface area contributed by atoms with Crippen LogP contribution < -0.4 is 9.47 Å². The highest BCUT2D eigenvalue weighted by atomic mass is 35.5. The highest BCUT2D eigenvalue weighted by Gasteiger charge is 2.35. The van der Waals surface area contributed by atoms with E-state index in [1.165, 1.54) is 43.5 Å². The van der Waals surface area contributed by atoms with Gasteiger partial charge in [0.05, 0.1) is 23.6 Å². The molecule has 1 heterocycles. The number of amides is 2. The summed E-state index contributed by atoms with van der Waals surface area (Å²) < 4.78 is 38.3. The molecule has 9 heteroatoms. The van der Waals surface area contributed by atoms with E-state index in [-0.39, 0.29) is 28.6 Å². The van der Waals surface area contributed by atoms with Crippen molar-refractivity contribution in [3.63, 3.8) is 0 Å². The third kappa shape index (κ3) is 5.24. The van der Waals surface area contributed by atoms with Gasteiger partial charge in [0, 0.05) is 5.56 Å². The zero-order valence-corrected chi connectivity index (χ0v) is 19.5. The first-order valence-corrected chi connectivity index (χ1v) is 11.3. The first kappa shape index (κ1) is 23.8. The van der Waals surface area contributed by atoms with Gasteiger partial charge in [0.2, 0.25) is 0 Å². The second kappa shape index (κ2) is 10.3. The molecule has 1 fully saturated rings. The summed E-state index contributed by atoms with van der Waals surface area (Å²) in [7, 11) is 1.47. The molecule has 1 saturated heterocycles. The maximum atomic E-state index is 14.1. The van der Waals surface area contributed by atoms with Gasteiger partial charge in [0.15, 0.2) is 11.5 Å². The largest absolute Gasteiger partial charge is 0.493 e. The van der Waals surface area contributed by atoms with Crippen LogP contribution >= 0.6 is 23.4 Å². The van der Waals surface area contributed by atoms with Crippen LogP contribution in [0.2, 0.25) is 5.02 Å². The normalized spacial score (nSPS) is 14.7. The van der Waals surface area contributed by atoms with Crippen LogP contribution in [0.3, 0.4) is 0 Å². The maximum Gasteiger partial charge on any atom is 0.293 e. The minimum atomic E-state index is -0.488. The molecule has 0 spiro atoms. The molecule has 4 rings (SSSR count). The van der Waals surface area contributed by atoms with Crippen molar-refractivity contribution in [2.45, 2.75) is 13.2 Å². The van der Waals surface area contributed by atoms with Gasteiger partial charge in [-0.1, -0.05) is 35.9 Å². The van der Waals surface area contributed by atoms with Gasteiger partial charge >= 0.3 is 0 Å². The van der Waals surface area contributed by atoms with Gasteiger partial charge in [-0.25, -0.2) is 8.78 Å². The Hall–Kier alpha value is -3.36. The number of halogens is 3. The van der Waals surface area contributed by atoms with E-state index in [1.807, 2.05) is 0 Å². The fraction of sp³-hybridized carbons (Fsp3) is 0.120. The Bertz CT molecular complexity index is 1260. The molecule has 1 aliphatic heterocycles. The van der Waals surface area contributed by atoms with Gasteiger partial charge in [0.1, 0.15) is 18.2 Å². The number of nitrogens with zero attached hydrogens (tertiary/aromatic N) is 1. The summed E-state index contributed by atoms with van der Waals surface area (Å²) in [5.74, 6) is -0.601. The Morgan fingerprint density at radius 1 is 1.03 bits per heavy atom. The molecule has 0 aromatic heterocycles. The zero-order chi connectivity index (χ0) is 24.2. The number of benzene rings is 3. The molecular formula is C25H18ClF2NO4S. The summed E-state index contributed by atoms with van der Waals surface area (Å²) in [5.41, 5.74) is 1.43. The van der Waals surface area contributed by atoms with E-state index in [0.29, 0.717) is 22.6 Å². The summed E-state index contributed by atoms with van der Waals surface area (Å²) in [6.45, 7) is -0.0812. The van der Waals surface area contributed by atoms with Crippen molar-refractivity contribution in [3.05, 3.63) is 98.9 Å². The molecule has 0 N–H and O–H groups in total. The Labute approximate surface area is 203 Å². The van der Waals surface area contributed by atoms with Crippen LogP contribution in [0.1, 0.15) is 16.7 Å². The van der Waals surface area contributed by atoms with Crippen molar-refractivity contribution in [3.8, 4) is 11.5 Å². The number of hydrogen-bond donors (Lipinski definition) is 0. The topological polar surface area (TPSA) is 55.8 Å². The van der Waals surface area contributed by atoms with Crippen LogP contribution in [0.15, 0.2) is 65.6 Å². The van der Waals surface area contributed by atoms with E-state index in [0.717, 1.165) is 16.7 Å². The molecule has 174 valence electrons. The first-order valence-electron chi connectivity index (χ1n) is 10.1. The second-order valence-corrected chi connectivity index (χ2v) is 8.69. The molecule has 0 bridgehead atoms. The summed E-state index contributed by atoms with van der Waals surface area (Å²) in [6, 6.07) is 14.9. The van der Waals surface area contributed by atoms with Crippen molar-refractivity contribution in [1.29, 1.82) is 0 Å². The van der Waals surface area contributed by atoms with E-state index in [4.69, 9.17) is 21.1 Å². The molecule has 0 atom stereocenters. The van der Waals surface area contributed by atoms with Gasteiger partial charge in [-0.05, 0) is 65.4 Å². The minimum Gasteiger partial charge on any atom is -0.493 e. The highest BCUT2D eigenvalue weighted by molar-refractivity contribution is 8.18. The number of imide groups is 1. The van der Waals surface area contributed by atoms with Gasteiger partial charge in [-0.15, -0.1) is 0 Å². The third-order valence-corrected chi connectivity index (χ3v) is 6.31. The smallest absolute Gasteiger partial charge is 0.293 e. The van der Waals surface area contributed by atoms with Crippen molar-refractivity contribution in [1.82, 2.24) is 4.90 Å². The Kier molecular flexibility index (Phi) is 7.19. The SMILES string of the molecule is COc1ccc(/C=C2\SC(=O)N(Cc3ccc(F)cc3)C2=O)cc1OCc1c(F)cccc1Cl. The van der Waals surface area contributed by atoms with E-state index >= 15 is 0 Å². The second-order valence-electron chi connectivity index (χ2n) is 7.29. The van der Waals surface area contributed by atoms with Crippen LogP contribution in [0.25, 0.3) is 6.08 Å². The number of hydrogen-bond acceptors (Lipinski definition) is 5. The fourth-order valence-electron chi connectivity index (χ4n) is 3.28. The monoisotopic (exact) mass is 501 g/mol. The van der Waals surface area contributed by atoms with E-state index in [1.54, 1.807) is 30.3 Å². The first-order chi connectivity index (χ1) is 16.4. The van der Waals surface area contributed by atoms with Crippen LogP contribution in [0, 0.1) is 11.6 Å². The average Bonchev–Trinajstić information content (AvgIpc) is 3.07. The van der Waals surface area contributed by atoms with E-state index < -0.39 is 22.8 Å². The lowest BCUT2D eigenvalue weighted by molar-refractivity contribution is -0.123. The standard InChI is InChI=1S/C25H18ClF2NO4S/c1-32-21-10-7-16(11-22(21)33-14-18-19(26)3-2-4-20(18)28)12-23-24(30)29(25(31)34-23)13-15-5-8-17(27)9-6-15/h2-12H,13-14H2,1H3/b23-12-. The molecule has 0 saturated carbocycles. The zero-order valence-electron chi connectivity index (χ0n) is 17.9. The molecule has 0 radical (unpaired) electrons. The van der Waals surface area contributed by atoms with Crippen LogP contribution in [-0.2, 0) is 17.9 Å². The van der Waals surface area contributed by atoms with E-state index in [9.17, 15) is 18.4 Å². The minimum absolute atomic E-state index is 0.0443. The summed E-state index contributed by atoms with van der Waals surface area (Å²) >= 11 is 6.88. The predicted octanol–water partition coefficient (Wildman–Crippen LogP) is 6.44. The molecule has 1 aliphatic rings. The summed E-state index contributed by atoms with van der Waals surface area (Å²) in [6.07, 6.45) is 1.57. The van der Waals surface area contributed by atoms with Gasteiger partial charge in [0.25, 0.3) is 11.1 Å². The number of thioether (sulfide) groups is 1. The van der Waals surface area contributed by atoms with Gasteiger partial charge in [-0.2, -0.15) is 0 Å². The van der Waals surface area contributed by atoms with Crippen molar-refractivity contribution >= 4 is 40.6 Å². The maximum absolute atomic E-state index is 14.1. The van der Waals surface area contributed by atoms with Crippen molar-refractivity contribution < 1.29 is 27.8 Å². The molecule has 0 aliphatic carbocycles. The summed E-state index contributed by atoms with van der Waals surface area (Å²) in [4.78, 5) is 26.6. The third-order valence-electron chi connectivity index (χ3n) is 5.05. The number of methoxy groups -OCH3 is 1. The number of carbonyl (C=O) groups excluding carboxylic acids is 2. The number of ether oxygens (including phenoxy) is 2. The van der Waals surface area contributed by atoms with Crippen molar-refractivity contribution in [2.75, 3.05) is 7.11 Å². The van der Waals surface area contributed by atoms with Gasteiger partial charge in [-0.3, -0.25) is 14.5 Å². The van der Waals surface area contributed by atoms with Crippen LogP contribution in [0.4, 0.5) is 13.6 Å².